The van der Waals surface area contributed by atoms with Gasteiger partial charge < -0.3 is 4.74 Å². The molecule has 5 heteroatoms. The first kappa shape index (κ1) is 12.1. The summed E-state index contributed by atoms with van der Waals surface area (Å²) in [7, 11) is 1.23. The molecule has 0 radical (unpaired) electrons. The number of hydrogen-bond donors (Lipinski definition) is 0. The Morgan fingerprint density at radius 3 is 2.53 bits per heavy atom. The van der Waals surface area contributed by atoms with Crippen molar-refractivity contribution in [1.82, 2.24) is 0 Å². The van der Waals surface area contributed by atoms with Crippen LogP contribution in [0.2, 0.25) is 0 Å². The number of carbonyl (C=O) groups excluding carboxylic acids is 1. The molecule has 0 aliphatic rings. The Hall–Kier alpha value is -0.970. The molecule has 0 aliphatic heterocycles. The molecule has 1 aromatic carbocycles. The molecular formula is C10H9BrF2O2. The molecule has 0 aliphatic carbocycles. The summed E-state index contributed by atoms with van der Waals surface area (Å²) in [6.07, 6.45) is 0.0129. The van der Waals surface area contributed by atoms with Crippen LogP contribution >= 0.6 is 15.9 Å². The van der Waals surface area contributed by atoms with Gasteiger partial charge in [0.2, 0.25) is 5.82 Å². The van der Waals surface area contributed by atoms with E-state index in [9.17, 15) is 13.6 Å². The van der Waals surface area contributed by atoms with Gasteiger partial charge in [-0.3, -0.25) is 4.79 Å². The monoisotopic (exact) mass is 278 g/mol. The maximum Gasteiger partial charge on any atom is 0.202 e. The molecule has 2 nitrogen and oxygen atoms in total. The maximum atomic E-state index is 13.3. The minimum absolute atomic E-state index is 0.0129. The van der Waals surface area contributed by atoms with Crippen molar-refractivity contribution in [3.63, 3.8) is 0 Å². The lowest BCUT2D eigenvalue weighted by Crippen LogP contribution is -2.03. The van der Waals surface area contributed by atoms with Crippen LogP contribution in [-0.2, 0) is 11.2 Å². The molecule has 82 valence electrons. The molecule has 0 atom stereocenters. The van der Waals surface area contributed by atoms with E-state index in [2.05, 4.69) is 15.9 Å². The van der Waals surface area contributed by atoms with Crippen LogP contribution in [0.5, 0.6) is 5.75 Å². The quantitative estimate of drug-likeness (QED) is 0.795. The summed E-state index contributed by atoms with van der Waals surface area (Å²) in [5.74, 6) is -2.46. The van der Waals surface area contributed by atoms with Crippen LogP contribution in [0.1, 0.15) is 12.5 Å². The average Bonchev–Trinajstić information content (AvgIpc) is 2.14. The smallest absolute Gasteiger partial charge is 0.202 e. The molecule has 0 bridgehead atoms. The maximum absolute atomic E-state index is 13.3. The number of ketones is 1. The second-order valence-corrected chi connectivity index (χ2v) is 3.91. The van der Waals surface area contributed by atoms with Crippen LogP contribution in [0.15, 0.2) is 10.5 Å². The number of halogens is 3. The Balaban J connectivity index is 3.31. The van der Waals surface area contributed by atoms with Crippen LogP contribution in [-0.4, -0.2) is 12.9 Å². The van der Waals surface area contributed by atoms with Gasteiger partial charge in [0.25, 0.3) is 0 Å². The Labute approximate surface area is 94.4 Å². The molecule has 0 spiro atoms. The first-order valence-corrected chi connectivity index (χ1v) is 4.96. The minimum Gasteiger partial charge on any atom is -0.493 e. The Kier molecular flexibility index (Phi) is 3.79. The number of hydrogen-bond acceptors (Lipinski definition) is 2. The lowest BCUT2D eigenvalue weighted by Gasteiger charge is -2.09. The summed E-state index contributed by atoms with van der Waals surface area (Å²) in [5.41, 5.74) is 0.329. The van der Waals surface area contributed by atoms with Gasteiger partial charge in [0, 0.05) is 12.0 Å². The van der Waals surface area contributed by atoms with Gasteiger partial charge in [0.05, 0.1) is 11.6 Å². The van der Waals surface area contributed by atoms with Crippen molar-refractivity contribution in [2.45, 2.75) is 13.3 Å². The normalized spacial score (nSPS) is 10.2. The van der Waals surface area contributed by atoms with E-state index < -0.39 is 11.6 Å². The fourth-order valence-electron chi connectivity index (χ4n) is 1.25. The fourth-order valence-corrected chi connectivity index (χ4v) is 1.70. The third-order valence-corrected chi connectivity index (χ3v) is 2.41. The Bertz CT molecular complexity index is 405. The summed E-state index contributed by atoms with van der Waals surface area (Å²) < 4.78 is 31.1. The van der Waals surface area contributed by atoms with E-state index in [1.54, 1.807) is 0 Å². The van der Waals surface area contributed by atoms with Gasteiger partial charge in [-0.2, -0.15) is 4.39 Å². The lowest BCUT2D eigenvalue weighted by molar-refractivity contribution is -0.116. The van der Waals surface area contributed by atoms with Gasteiger partial charge in [-0.25, -0.2) is 4.39 Å². The van der Waals surface area contributed by atoms with Crippen molar-refractivity contribution >= 4 is 21.7 Å². The molecule has 15 heavy (non-hydrogen) atoms. The van der Waals surface area contributed by atoms with Crippen LogP contribution in [0, 0.1) is 11.6 Å². The second-order valence-electron chi connectivity index (χ2n) is 3.06. The van der Waals surface area contributed by atoms with Crippen molar-refractivity contribution in [2.75, 3.05) is 7.11 Å². The predicted octanol–water partition coefficient (Wildman–Crippen LogP) is 2.87. The number of Topliss-reactive ketones (excluding diaryl/α,β-unsaturated/α-hetero) is 1. The minimum atomic E-state index is -1.08. The summed E-state index contributed by atoms with van der Waals surface area (Å²) in [5, 5.41) is 0. The topological polar surface area (TPSA) is 26.3 Å². The molecule has 0 fully saturated rings. The van der Waals surface area contributed by atoms with Gasteiger partial charge in [-0.05, 0) is 28.9 Å². The largest absolute Gasteiger partial charge is 0.493 e. The van der Waals surface area contributed by atoms with E-state index in [1.165, 1.54) is 20.1 Å². The third-order valence-electron chi connectivity index (χ3n) is 1.84. The van der Waals surface area contributed by atoms with Gasteiger partial charge in [0.1, 0.15) is 5.78 Å². The second kappa shape index (κ2) is 4.70. The lowest BCUT2D eigenvalue weighted by atomic mass is 10.1. The first-order valence-electron chi connectivity index (χ1n) is 4.17. The Morgan fingerprint density at radius 1 is 1.47 bits per heavy atom. The van der Waals surface area contributed by atoms with E-state index in [-0.39, 0.29) is 22.4 Å². The van der Waals surface area contributed by atoms with E-state index >= 15 is 0 Å². The number of carbonyl (C=O) groups is 1. The van der Waals surface area contributed by atoms with Gasteiger partial charge >= 0.3 is 0 Å². The molecule has 0 N–H and O–H groups in total. The van der Waals surface area contributed by atoms with Crippen molar-refractivity contribution in [3.8, 4) is 5.75 Å². The van der Waals surface area contributed by atoms with Gasteiger partial charge in [-0.1, -0.05) is 0 Å². The number of benzene rings is 1. The Morgan fingerprint density at radius 2 is 2.07 bits per heavy atom. The highest BCUT2D eigenvalue weighted by molar-refractivity contribution is 9.10. The van der Waals surface area contributed by atoms with Crippen molar-refractivity contribution < 1.29 is 18.3 Å². The molecule has 0 saturated carbocycles. The summed E-state index contributed by atoms with van der Waals surface area (Å²) in [6, 6.07) is 1.35. The zero-order valence-corrected chi connectivity index (χ0v) is 9.82. The predicted molar refractivity (Wildman–Crippen MR) is 55.0 cm³/mol. The zero-order valence-electron chi connectivity index (χ0n) is 8.23. The summed E-state index contributed by atoms with van der Waals surface area (Å²) >= 11 is 2.87. The third kappa shape index (κ3) is 2.53. The average molecular weight is 279 g/mol. The molecule has 0 heterocycles. The van der Waals surface area contributed by atoms with Crippen LogP contribution in [0.25, 0.3) is 0 Å². The van der Waals surface area contributed by atoms with Gasteiger partial charge in [-0.15, -0.1) is 0 Å². The van der Waals surface area contributed by atoms with Crippen molar-refractivity contribution in [3.05, 3.63) is 27.7 Å². The van der Waals surface area contributed by atoms with E-state index in [0.29, 0.717) is 5.56 Å². The van der Waals surface area contributed by atoms with Crippen molar-refractivity contribution in [1.29, 1.82) is 0 Å². The van der Waals surface area contributed by atoms with Crippen LogP contribution in [0.3, 0.4) is 0 Å². The van der Waals surface area contributed by atoms with Crippen LogP contribution in [0.4, 0.5) is 8.78 Å². The van der Waals surface area contributed by atoms with Crippen molar-refractivity contribution in [2.24, 2.45) is 0 Å². The summed E-state index contributed by atoms with van der Waals surface area (Å²) in [6.45, 7) is 1.37. The zero-order chi connectivity index (χ0) is 11.6. The standard InChI is InChI=1S/C10H9BrF2O2/c1-5(14)3-6-4-7(11)8(12)9(13)10(6)15-2/h4H,3H2,1-2H3. The number of rotatable bonds is 3. The first-order chi connectivity index (χ1) is 6.97. The molecule has 0 aromatic heterocycles. The SMILES string of the molecule is COc1c(CC(C)=O)cc(Br)c(F)c1F. The number of methoxy groups -OCH3 is 1. The van der Waals surface area contributed by atoms with E-state index in [0.717, 1.165) is 0 Å². The summed E-state index contributed by atoms with van der Waals surface area (Å²) in [4.78, 5) is 10.9. The van der Waals surface area contributed by atoms with Crippen LogP contribution < -0.4 is 4.74 Å². The molecule has 0 saturated heterocycles. The fraction of sp³-hybridized carbons (Fsp3) is 0.300. The molecule has 1 rings (SSSR count). The molecule has 0 amide bonds. The van der Waals surface area contributed by atoms with E-state index in [1.807, 2.05) is 0 Å². The molecular weight excluding hydrogens is 270 g/mol. The highest BCUT2D eigenvalue weighted by Gasteiger charge is 2.18. The molecule has 1 aromatic rings. The number of ether oxygens (including phenoxy) is 1. The van der Waals surface area contributed by atoms with E-state index in [4.69, 9.17) is 4.74 Å². The molecule has 0 unspecified atom stereocenters. The highest BCUT2D eigenvalue weighted by Crippen LogP contribution is 2.30. The highest BCUT2D eigenvalue weighted by atomic mass is 79.9. The van der Waals surface area contributed by atoms with Gasteiger partial charge in [0.15, 0.2) is 11.6 Å².